The predicted octanol–water partition coefficient (Wildman–Crippen LogP) is 3.61. The quantitative estimate of drug-likeness (QED) is 0.906. The average molecular weight is 290 g/mol. The second-order valence-electron chi connectivity index (χ2n) is 5.45. The van der Waals surface area contributed by atoms with Crippen LogP contribution < -0.4 is 0 Å². The summed E-state index contributed by atoms with van der Waals surface area (Å²) in [6.07, 6.45) is 3.87. The van der Waals surface area contributed by atoms with Gasteiger partial charge >= 0.3 is 5.97 Å². The van der Waals surface area contributed by atoms with Crippen LogP contribution >= 0.6 is 11.8 Å². The Kier molecular flexibility index (Phi) is 3.70. The molecule has 4 nitrogen and oxygen atoms in total. The van der Waals surface area contributed by atoms with E-state index in [1.165, 1.54) is 5.56 Å². The van der Waals surface area contributed by atoms with Crippen molar-refractivity contribution in [3.63, 3.8) is 0 Å². The first-order valence-corrected chi connectivity index (χ1v) is 7.87. The van der Waals surface area contributed by atoms with E-state index in [1.807, 2.05) is 12.1 Å². The molecule has 2 N–H and O–H groups in total. The number of nitrogens with one attached hydrogen (secondary N) is 1. The highest BCUT2D eigenvalue weighted by molar-refractivity contribution is 7.99. The lowest BCUT2D eigenvalue weighted by Gasteiger charge is -2.26. The molecule has 1 fully saturated rings. The molecule has 0 aliphatic heterocycles. The van der Waals surface area contributed by atoms with Gasteiger partial charge in [0.1, 0.15) is 0 Å². The van der Waals surface area contributed by atoms with Gasteiger partial charge in [0, 0.05) is 5.25 Å². The van der Waals surface area contributed by atoms with Crippen LogP contribution in [-0.4, -0.2) is 26.3 Å². The number of aliphatic carboxylic acids is 1. The molecule has 0 spiro atoms. The fraction of sp³-hybridized carbons (Fsp3) is 0.467. The van der Waals surface area contributed by atoms with Gasteiger partial charge in [0.15, 0.2) is 5.16 Å². The lowest BCUT2D eigenvalue weighted by Crippen LogP contribution is -2.29. The molecular formula is C15H18N2O2S. The molecule has 1 aromatic carbocycles. The van der Waals surface area contributed by atoms with Crippen LogP contribution in [0.1, 0.15) is 31.2 Å². The third-order valence-corrected chi connectivity index (χ3v) is 5.18. The van der Waals surface area contributed by atoms with Crippen LogP contribution in [-0.2, 0) is 4.79 Å². The largest absolute Gasteiger partial charge is 0.481 e. The highest BCUT2D eigenvalue weighted by Gasteiger charge is 2.32. The minimum Gasteiger partial charge on any atom is -0.481 e. The van der Waals surface area contributed by atoms with Crippen LogP contribution in [0.15, 0.2) is 23.4 Å². The zero-order valence-electron chi connectivity index (χ0n) is 11.4. The van der Waals surface area contributed by atoms with E-state index in [2.05, 4.69) is 23.0 Å². The second kappa shape index (κ2) is 5.48. The highest BCUT2D eigenvalue weighted by atomic mass is 32.2. The first-order valence-electron chi connectivity index (χ1n) is 6.99. The van der Waals surface area contributed by atoms with Crippen molar-refractivity contribution in [1.82, 2.24) is 9.97 Å². The number of aromatic amines is 1. The van der Waals surface area contributed by atoms with Gasteiger partial charge in [0.05, 0.1) is 17.0 Å². The van der Waals surface area contributed by atoms with E-state index in [1.54, 1.807) is 11.8 Å². The maximum Gasteiger partial charge on any atom is 0.307 e. The predicted molar refractivity (Wildman–Crippen MR) is 80.1 cm³/mol. The summed E-state index contributed by atoms with van der Waals surface area (Å²) in [5.74, 6) is -0.919. The van der Waals surface area contributed by atoms with Crippen molar-refractivity contribution in [2.75, 3.05) is 0 Å². The summed E-state index contributed by atoms with van der Waals surface area (Å²) in [4.78, 5) is 19.2. The number of imidazole rings is 1. The molecule has 0 amide bonds. The molecule has 20 heavy (non-hydrogen) atoms. The average Bonchev–Trinajstić information content (AvgIpc) is 2.80. The van der Waals surface area contributed by atoms with Crippen LogP contribution in [0.4, 0.5) is 0 Å². The van der Waals surface area contributed by atoms with Gasteiger partial charge in [0.25, 0.3) is 0 Å². The molecule has 1 aromatic heterocycles. The van der Waals surface area contributed by atoms with Crippen molar-refractivity contribution in [3.8, 4) is 0 Å². The van der Waals surface area contributed by atoms with Gasteiger partial charge in [-0.25, -0.2) is 4.98 Å². The van der Waals surface area contributed by atoms with Gasteiger partial charge in [-0.1, -0.05) is 30.7 Å². The number of thioether (sulfide) groups is 1. The zero-order chi connectivity index (χ0) is 14.1. The second-order valence-corrected chi connectivity index (χ2v) is 6.68. The highest BCUT2D eigenvalue weighted by Crippen LogP contribution is 2.37. The Morgan fingerprint density at radius 1 is 1.40 bits per heavy atom. The number of hydrogen-bond donors (Lipinski definition) is 2. The molecule has 1 aliphatic carbocycles. The van der Waals surface area contributed by atoms with Gasteiger partial charge < -0.3 is 10.1 Å². The van der Waals surface area contributed by atoms with Gasteiger partial charge in [-0.05, 0) is 37.5 Å². The molecule has 0 saturated heterocycles. The molecule has 1 aliphatic rings. The van der Waals surface area contributed by atoms with E-state index in [9.17, 15) is 9.90 Å². The molecule has 2 aromatic rings. The minimum absolute atomic E-state index is 0.128. The van der Waals surface area contributed by atoms with Crippen molar-refractivity contribution in [3.05, 3.63) is 23.8 Å². The van der Waals surface area contributed by atoms with E-state index < -0.39 is 5.97 Å². The molecule has 0 radical (unpaired) electrons. The molecule has 1 saturated carbocycles. The number of H-pyrrole nitrogens is 1. The number of aryl methyl sites for hydroxylation is 1. The first-order chi connectivity index (χ1) is 9.63. The fourth-order valence-corrected chi connectivity index (χ4v) is 4.13. The smallest absolute Gasteiger partial charge is 0.307 e. The number of carboxylic acid groups (broad SMARTS) is 1. The standard InChI is InChI=1S/C15H18N2O2S/c1-9-6-7-11-12(8-9)17-15(16-11)20-13-5-3-2-4-10(13)14(18)19/h6-8,10,13H,2-5H2,1H3,(H,16,17)(H,18,19). The lowest BCUT2D eigenvalue weighted by atomic mass is 9.89. The molecule has 2 atom stereocenters. The van der Waals surface area contributed by atoms with Crippen LogP contribution in [0.3, 0.4) is 0 Å². The number of carbonyl (C=O) groups is 1. The summed E-state index contributed by atoms with van der Waals surface area (Å²) >= 11 is 1.59. The van der Waals surface area contributed by atoms with Crippen LogP contribution in [0, 0.1) is 12.8 Å². The van der Waals surface area contributed by atoms with E-state index in [0.29, 0.717) is 0 Å². The number of aromatic nitrogens is 2. The van der Waals surface area contributed by atoms with Crippen molar-refractivity contribution < 1.29 is 9.90 Å². The number of hydrogen-bond acceptors (Lipinski definition) is 3. The summed E-state index contributed by atoms with van der Waals surface area (Å²) in [6.45, 7) is 2.05. The van der Waals surface area contributed by atoms with E-state index >= 15 is 0 Å². The molecule has 0 bridgehead atoms. The van der Waals surface area contributed by atoms with Crippen LogP contribution in [0.25, 0.3) is 11.0 Å². The number of rotatable bonds is 3. The van der Waals surface area contributed by atoms with Crippen LogP contribution in [0.2, 0.25) is 0 Å². The summed E-state index contributed by atoms with van der Waals surface area (Å²) in [7, 11) is 0. The number of nitrogens with zero attached hydrogens (tertiary/aromatic N) is 1. The minimum atomic E-state index is -0.672. The molecule has 106 valence electrons. The molecule has 2 unspecified atom stereocenters. The van der Waals surface area contributed by atoms with E-state index in [-0.39, 0.29) is 11.2 Å². The summed E-state index contributed by atoms with van der Waals surface area (Å²) in [5, 5.41) is 10.3. The topological polar surface area (TPSA) is 66.0 Å². The Hall–Kier alpha value is -1.49. The zero-order valence-corrected chi connectivity index (χ0v) is 12.2. The molecule has 1 heterocycles. The van der Waals surface area contributed by atoms with E-state index in [0.717, 1.165) is 41.9 Å². The van der Waals surface area contributed by atoms with Gasteiger partial charge in [-0.2, -0.15) is 0 Å². The van der Waals surface area contributed by atoms with Crippen molar-refractivity contribution in [2.45, 2.75) is 43.0 Å². The van der Waals surface area contributed by atoms with Crippen molar-refractivity contribution >= 4 is 28.8 Å². The van der Waals surface area contributed by atoms with Gasteiger partial charge in [-0.15, -0.1) is 0 Å². The van der Waals surface area contributed by atoms with Gasteiger partial charge in [0.2, 0.25) is 0 Å². The Morgan fingerprint density at radius 2 is 2.20 bits per heavy atom. The Balaban J connectivity index is 1.82. The molecule has 3 rings (SSSR count). The van der Waals surface area contributed by atoms with E-state index in [4.69, 9.17) is 0 Å². The van der Waals surface area contributed by atoms with Crippen molar-refractivity contribution in [2.24, 2.45) is 5.92 Å². The monoisotopic (exact) mass is 290 g/mol. The van der Waals surface area contributed by atoms with Gasteiger partial charge in [-0.3, -0.25) is 4.79 Å². The number of fused-ring (bicyclic) bond motifs is 1. The van der Waals surface area contributed by atoms with Crippen LogP contribution in [0.5, 0.6) is 0 Å². The first kappa shape index (κ1) is 13.5. The molecule has 5 heteroatoms. The maximum absolute atomic E-state index is 11.3. The SMILES string of the molecule is Cc1ccc2nc(SC3CCCCC3C(=O)O)[nH]c2c1. The number of carboxylic acids is 1. The maximum atomic E-state index is 11.3. The Morgan fingerprint density at radius 3 is 3.00 bits per heavy atom. The third kappa shape index (κ3) is 2.68. The Bertz CT molecular complexity index is 638. The normalized spacial score (nSPS) is 23.1. The summed E-state index contributed by atoms with van der Waals surface area (Å²) < 4.78 is 0. The fourth-order valence-electron chi connectivity index (χ4n) is 2.82. The van der Waals surface area contributed by atoms with Crippen molar-refractivity contribution in [1.29, 1.82) is 0 Å². The summed E-state index contributed by atoms with van der Waals surface area (Å²) in [5.41, 5.74) is 3.16. The third-order valence-electron chi connectivity index (χ3n) is 3.90. The Labute approximate surface area is 122 Å². The number of benzene rings is 1. The summed E-state index contributed by atoms with van der Waals surface area (Å²) in [6, 6.07) is 6.11. The lowest BCUT2D eigenvalue weighted by molar-refractivity contribution is -0.142. The molecular weight excluding hydrogens is 272 g/mol.